The predicted octanol–water partition coefficient (Wildman–Crippen LogP) is 3.40. The maximum Gasteiger partial charge on any atom is 0.269 e. The van der Waals surface area contributed by atoms with Crippen LogP contribution in [-0.2, 0) is 16.0 Å². The standard InChI is InChI=1S/C19H18ClN3O4/c20-15-3-1-4-17(12-15)22(13-21-10-2-5-18(21)24)19(25)11-14-6-8-16(9-7-14)23(26)27/h1,3-4,6-9,12H,2,5,10-11,13H2. The maximum atomic E-state index is 12.9. The van der Waals surface area contributed by atoms with Crippen LogP contribution in [-0.4, -0.2) is 34.9 Å². The maximum absolute atomic E-state index is 12.9. The van der Waals surface area contributed by atoms with Crippen molar-refractivity contribution in [2.75, 3.05) is 18.1 Å². The first-order valence-electron chi connectivity index (χ1n) is 8.51. The second-order valence-electron chi connectivity index (χ2n) is 6.30. The van der Waals surface area contributed by atoms with Crippen LogP contribution in [0.15, 0.2) is 48.5 Å². The first kappa shape index (κ1) is 18.8. The summed E-state index contributed by atoms with van der Waals surface area (Å²) in [6, 6.07) is 12.8. The van der Waals surface area contributed by atoms with E-state index in [2.05, 4.69) is 0 Å². The van der Waals surface area contributed by atoms with Gasteiger partial charge in [0.1, 0.15) is 6.67 Å². The highest BCUT2D eigenvalue weighted by Gasteiger charge is 2.26. The highest BCUT2D eigenvalue weighted by atomic mass is 35.5. The molecule has 0 unspecified atom stereocenters. The normalized spacial score (nSPS) is 13.7. The molecule has 0 bridgehead atoms. The number of hydrogen-bond donors (Lipinski definition) is 0. The molecule has 2 aromatic rings. The number of amides is 2. The number of non-ortho nitro benzene ring substituents is 1. The van der Waals surface area contributed by atoms with Gasteiger partial charge >= 0.3 is 0 Å². The minimum atomic E-state index is -0.483. The van der Waals surface area contributed by atoms with Gasteiger partial charge < -0.3 is 4.90 Å². The van der Waals surface area contributed by atoms with E-state index in [9.17, 15) is 19.7 Å². The molecule has 1 fully saturated rings. The Kier molecular flexibility index (Phi) is 5.71. The Morgan fingerprint density at radius 1 is 1.22 bits per heavy atom. The molecule has 7 nitrogen and oxygen atoms in total. The molecule has 1 aliphatic heterocycles. The van der Waals surface area contributed by atoms with Crippen molar-refractivity contribution >= 4 is 34.8 Å². The van der Waals surface area contributed by atoms with Crippen molar-refractivity contribution < 1.29 is 14.5 Å². The van der Waals surface area contributed by atoms with Gasteiger partial charge in [0.05, 0.1) is 11.3 Å². The number of nitro benzene ring substituents is 1. The second-order valence-corrected chi connectivity index (χ2v) is 6.74. The number of anilines is 1. The Labute approximate surface area is 161 Å². The third-order valence-electron chi connectivity index (χ3n) is 4.41. The van der Waals surface area contributed by atoms with Gasteiger partial charge in [0.15, 0.2) is 0 Å². The molecule has 27 heavy (non-hydrogen) atoms. The van der Waals surface area contributed by atoms with Crippen LogP contribution in [0.3, 0.4) is 0 Å². The lowest BCUT2D eigenvalue weighted by Gasteiger charge is -2.28. The summed E-state index contributed by atoms with van der Waals surface area (Å²) in [6.45, 7) is 0.770. The number of rotatable bonds is 6. The van der Waals surface area contributed by atoms with Gasteiger partial charge in [0.25, 0.3) is 5.69 Å². The number of nitro groups is 1. The fourth-order valence-electron chi connectivity index (χ4n) is 2.98. The summed E-state index contributed by atoms with van der Waals surface area (Å²) in [7, 11) is 0. The van der Waals surface area contributed by atoms with Crippen LogP contribution in [0.5, 0.6) is 0 Å². The molecule has 2 amide bonds. The smallest absolute Gasteiger partial charge is 0.269 e. The zero-order valence-electron chi connectivity index (χ0n) is 14.5. The molecule has 1 heterocycles. The first-order chi connectivity index (χ1) is 12.9. The summed E-state index contributed by atoms with van der Waals surface area (Å²) in [5.74, 6) is -0.198. The molecule has 0 N–H and O–H groups in total. The zero-order valence-corrected chi connectivity index (χ0v) is 15.3. The van der Waals surface area contributed by atoms with Gasteiger partial charge in [-0.3, -0.25) is 24.6 Å². The molecule has 0 aromatic heterocycles. The summed E-state index contributed by atoms with van der Waals surface area (Å²) in [5, 5.41) is 11.3. The van der Waals surface area contributed by atoms with E-state index in [-0.39, 0.29) is 30.6 Å². The molecule has 140 valence electrons. The molecule has 1 saturated heterocycles. The van der Waals surface area contributed by atoms with E-state index in [1.54, 1.807) is 41.3 Å². The summed E-state index contributed by atoms with van der Waals surface area (Å²) < 4.78 is 0. The fourth-order valence-corrected chi connectivity index (χ4v) is 3.16. The number of hydrogen-bond acceptors (Lipinski definition) is 4. The molecule has 0 saturated carbocycles. The Bertz CT molecular complexity index is 870. The molecule has 0 aliphatic carbocycles. The summed E-state index contributed by atoms with van der Waals surface area (Å²) in [5.41, 5.74) is 1.24. The second kappa shape index (κ2) is 8.18. The van der Waals surface area contributed by atoms with E-state index in [0.29, 0.717) is 29.2 Å². The minimum absolute atomic E-state index is 0.0187. The van der Waals surface area contributed by atoms with Crippen molar-refractivity contribution in [1.82, 2.24) is 4.90 Å². The van der Waals surface area contributed by atoms with Crippen LogP contribution in [0.4, 0.5) is 11.4 Å². The summed E-state index contributed by atoms with van der Waals surface area (Å²) in [6.07, 6.45) is 1.32. The van der Waals surface area contributed by atoms with Crippen molar-refractivity contribution in [3.8, 4) is 0 Å². The Balaban J connectivity index is 1.81. The first-order valence-corrected chi connectivity index (χ1v) is 8.89. The van der Waals surface area contributed by atoms with Crippen molar-refractivity contribution in [3.63, 3.8) is 0 Å². The third kappa shape index (κ3) is 4.62. The van der Waals surface area contributed by atoms with Crippen LogP contribution in [0.1, 0.15) is 18.4 Å². The number of halogens is 1. The number of likely N-dealkylation sites (tertiary alicyclic amines) is 1. The number of carbonyl (C=O) groups excluding carboxylic acids is 2. The lowest BCUT2D eigenvalue weighted by Crippen LogP contribution is -2.43. The molecule has 8 heteroatoms. The molecular weight excluding hydrogens is 370 g/mol. The topological polar surface area (TPSA) is 83.8 Å². The van der Waals surface area contributed by atoms with Crippen LogP contribution in [0.25, 0.3) is 0 Å². The minimum Gasteiger partial charge on any atom is -0.324 e. The molecule has 2 aromatic carbocycles. The fraction of sp³-hybridized carbons (Fsp3) is 0.263. The highest BCUT2D eigenvalue weighted by Crippen LogP contribution is 2.23. The van der Waals surface area contributed by atoms with Gasteiger partial charge in [-0.15, -0.1) is 0 Å². The van der Waals surface area contributed by atoms with E-state index in [1.165, 1.54) is 17.0 Å². The third-order valence-corrected chi connectivity index (χ3v) is 4.64. The van der Waals surface area contributed by atoms with Crippen LogP contribution < -0.4 is 4.90 Å². The molecule has 0 spiro atoms. The SMILES string of the molecule is O=C1CCCN1CN(C(=O)Cc1ccc([N+](=O)[O-])cc1)c1cccc(Cl)c1. The summed E-state index contributed by atoms with van der Waals surface area (Å²) >= 11 is 6.06. The Morgan fingerprint density at radius 2 is 1.96 bits per heavy atom. The van der Waals surface area contributed by atoms with Gasteiger partial charge in [-0.2, -0.15) is 0 Å². The van der Waals surface area contributed by atoms with Crippen LogP contribution in [0, 0.1) is 10.1 Å². The zero-order chi connectivity index (χ0) is 19.4. The van der Waals surface area contributed by atoms with Crippen molar-refractivity contribution in [1.29, 1.82) is 0 Å². The molecule has 1 aliphatic rings. The molecular formula is C19H18ClN3O4. The molecule has 0 radical (unpaired) electrons. The van der Waals surface area contributed by atoms with Gasteiger partial charge in [-0.1, -0.05) is 29.8 Å². The van der Waals surface area contributed by atoms with Crippen LogP contribution >= 0.6 is 11.6 Å². The van der Waals surface area contributed by atoms with Gasteiger partial charge in [-0.05, 0) is 30.2 Å². The van der Waals surface area contributed by atoms with Gasteiger partial charge in [-0.25, -0.2) is 0 Å². The quantitative estimate of drug-likeness (QED) is 0.561. The highest BCUT2D eigenvalue weighted by molar-refractivity contribution is 6.30. The number of benzene rings is 2. The summed E-state index contributed by atoms with van der Waals surface area (Å²) in [4.78, 5) is 38.4. The van der Waals surface area contributed by atoms with E-state index < -0.39 is 4.92 Å². The van der Waals surface area contributed by atoms with E-state index in [1.807, 2.05) is 0 Å². The number of carbonyl (C=O) groups is 2. The monoisotopic (exact) mass is 387 g/mol. The van der Waals surface area contributed by atoms with E-state index in [4.69, 9.17) is 11.6 Å². The predicted molar refractivity (Wildman–Crippen MR) is 102 cm³/mol. The average Bonchev–Trinajstić information content (AvgIpc) is 3.04. The van der Waals surface area contributed by atoms with E-state index in [0.717, 1.165) is 6.42 Å². The van der Waals surface area contributed by atoms with Crippen molar-refractivity contribution in [2.45, 2.75) is 19.3 Å². The Morgan fingerprint density at radius 3 is 2.56 bits per heavy atom. The van der Waals surface area contributed by atoms with E-state index >= 15 is 0 Å². The Hall–Kier alpha value is -2.93. The van der Waals surface area contributed by atoms with Gasteiger partial charge in [0, 0.05) is 35.8 Å². The van der Waals surface area contributed by atoms with Gasteiger partial charge in [0.2, 0.25) is 11.8 Å². The van der Waals surface area contributed by atoms with Crippen LogP contribution in [0.2, 0.25) is 5.02 Å². The lowest BCUT2D eigenvalue weighted by molar-refractivity contribution is -0.384. The van der Waals surface area contributed by atoms with Crippen molar-refractivity contribution in [3.05, 3.63) is 69.2 Å². The van der Waals surface area contributed by atoms with Crippen molar-refractivity contribution in [2.24, 2.45) is 0 Å². The lowest BCUT2D eigenvalue weighted by atomic mass is 10.1. The largest absolute Gasteiger partial charge is 0.324 e. The molecule has 3 rings (SSSR count). The number of nitrogens with zero attached hydrogens (tertiary/aromatic N) is 3. The molecule has 0 atom stereocenters. The average molecular weight is 388 g/mol.